The van der Waals surface area contributed by atoms with Gasteiger partial charge in [-0.05, 0) is 67.7 Å². The number of carbonyl (C=O) groups excluding carboxylic acids is 1. The van der Waals surface area contributed by atoms with E-state index in [0.717, 1.165) is 30.7 Å². The maximum absolute atomic E-state index is 12.4. The number of methoxy groups -OCH3 is 1. The van der Waals surface area contributed by atoms with Gasteiger partial charge >= 0.3 is 0 Å². The minimum atomic E-state index is 0.0547. The number of likely N-dealkylation sites (tertiary alicyclic amines) is 1. The van der Waals surface area contributed by atoms with Crippen LogP contribution in [0, 0.1) is 5.92 Å². The lowest BCUT2D eigenvalue weighted by Gasteiger charge is -2.39. The highest BCUT2D eigenvalue weighted by Crippen LogP contribution is 2.35. The number of amides is 1. The largest absolute Gasteiger partial charge is 0.497 e. The Balaban J connectivity index is 1.62. The molecular weight excluding hydrogens is 360 g/mol. The van der Waals surface area contributed by atoms with Crippen LogP contribution in [0.15, 0.2) is 48.5 Å². The summed E-state index contributed by atoms with van der Waals surface area (Å²) in [5.74, 6) is 1.32. The van der Waals surface area contributed by atoms with Gasteiger partial charge < -0.3 is 10.1 Å². The second-order valence-corrected chi connectivity index (χ2v) is 7.64. The molecule has 1 amide bonds. The summed E-state index contributed by atoms with van der Waals surface area (Å²) < 4.78 is 5.27. The number of halogens is 1. The van der Waals surface area contributed by atoms with E-state index in [4.69, 9.17) is 16.3 Å². The average Bonchev–Trinajstić information content (AvgIpc) is 2.68. The number of benzene rings is 2. The number of hydrogen-bond donors (Lipinski definition) is 1. The van der Waals surface area contributed by atoms with Crippen molar-refractivity contribution < 1.29 is 9.53 Å². The molecule has 3 rings (SSSR count). The van der Waals surface area contributed by atoms with E-state index in [1.807, 2.05) is 36.4 Å². The van der Waals surface area contributed by atoms with E-state index in [-0.39, 0.29) is 5.91 Å². The van der Waals surface area contributed by atoms with Gasteiger partial charge in [-0.15, -0.1) is 0 Å². The maximum atomic E-state index is 12.4. The van der Waals surface area contributed by atoms with Crippen LogP contribution in [-0.4, -0.2) is 38.1 Å². The summed E-state index contributed by atoms with van der Waals surface area (Å²) in [5.41, 5.74) is 2.25. The van der Waals surface area contributed by atoms with Crippen LogP contribution in [0.3, 0.4) is 0 Å². The summed E-state index contributed by atoms with van der Waals surface area (Å²) in [7, 11) is 3.84. The minimum absolute atomic E-state index is 0.0547. The van der Waals surface area contributed by atoms with Crippen LogP contribution in [-0.2, 0) is 11.2 Å². The quantitative estimate of drug-likeness (QED) is 0.812. The monoisotopic (exact) mass is 386 g/mol. The van der Waals surface area contributed by atoms with Crippen LogP contribution in [0.1, 0.15) is 30.0 Å². The SMILES string of the molecule is COc1ccc(C2C(CNC(=O)Cc3ccc(Cl)cc3)CCCN2C)cc1. The fourth-order valence-electron chi connectivity index (χ4n) is 3.90. The van der Waals surface area contributed by atoms with Gasteiger partial charge in [-0.1, -0.05) is 35.9 Å². The lowest BCUT2D eigenvalue weighted by molar-refractivity contribution is -0.120. The molecule has 2 aromatic rings. The summed E-state index contributed by atoms with van der Waals surface area (Å²) >= 11 is 5.90. The Kier molecular flexibility index (Phi) is 6.75. The van der Waals surface area contributed by atoms with Gasteiger partial charge in [0.15, 0.2) is 0 Å². The topological polar surface area (TPSA) is 41.6 Å². The van der Waals surface area contributed by atoms with Crippen LogP contribution in [0.4, 0.5) is 0 Å². The molecule has 144 valence electrons. The molecule has 4 nitrogen and oxygen atoms in total. The van der Waals surface area contributed by atoms with E-state index >= 15 is 0 Å². The number of hydrogen-bond acceptors (Lipinski definition) is 3. The maximum Gasteiger partial charge on any atom is 0.224 e. The van der Waals surface area contributed by atoms with Gasteiger partial charge in [-0.25, -0.2) is 0 Å². The molecule has 5 heteroatoms. The fraction of sp³-hybridized carbons (Fsp3) is 0.409. The molecule has 1 saturated heterocycles. The molecule has 0 bridgehead atoms. The van der Waals surface area contributed by atoms with Gasteiger partial charge in [0.2, 0.25) is 5.91 Å². The van der Waals surface area contributed by atoms with Gasteiger partial charge in [0.05, 0.1) is 13.5 Å². The first-order valence-electron chi connectivity index (χ1n) is 9.42. The van der Waals surface area contributed by atoms with Crippen LogP contribution in [0.5, 0.6) is 5.75 Å². The third-order valence-electron chi connectivity index (χ3n) is 5.30. The first kappa shape index (κ1) is 19.7. The number of ether oxygens (including phenoxy) is 1. The van der Waals surface area contributed by atoms with Crippen LogP contribution in [0.25, 0.3) is 0 Å². The molecule has 0 radical (unpaired) electrons. The van der Waals surface area contributed by atoms with E-state index in [0.29, 0.717) is 29.9 Å². The van der Waals surface area contributed by atoms with Crippen molar-refractivity contribution in [3.63, 3.8) is 0 Å². The predicted molar refractivity (Wildman–Crippen MR) is 109 cm³/mol. The number of rotatable bonds is 6. The van der Waals surface area contributed by atoms with Crippen LogP contribution >= 0.6 is 11.6 Å². The summed E-state index contributed by atoms with van der Waals surface area (Å²) in [4.78, 5) is 14.8. The molecule has 1 aliphatic rings. The third-order valence-corrected chi connectivity index (χ3v) is 5.56. The van der Waals surface area contributed by atoms with Crippen molar-refractivity contribution in [3.05, 3.63) is 64.7 Å². The first-order valence-corrected chi connectivity index (χ1v) is 9.80. The second kappa shape index (κ2) is 9.25. The zero-order valence-corrected chi connectivity index (χ0v) is 16.7. The molecule has 1 aliphatic heterocycles. The van der Waals surface area contributed by atoms with Gasteiger partial charge in [0.1, 0.15) is 5.75 Å². The summed E-state index contributed by atoms with van der Waals surface area (Å²) in [6.45, 7) is 1.76. The molecule has 27 heavy (non-hydrogen) atoms. The lowest BCUT2D eigenvalue weighted by atomic mass is 9.85. The van der Waals surface area contributed by atoms with Crippen molar-refractivity contribution in [2.45, 2.75) is 25.3 Å². The molecule has 0 saturated carbocycles. The molecule has 2 unspecified atom stereocenters. The first-order chi connectivity index (χ1) is 13.1. The number of carbonyl (C=O) groups is 1. The lowest BCUT2D eigenvalue weighted by Crippen LogP contribution is -2.42. The Morgan fingerprint density at radius 3 is 2.56 bits per heavy atom. The molecule has 2 atom stereocenters. The fourth-order valence-corrected chi connectivity index (χ4v) is 4.02. The van der Waals surface area contributed by atoms with E-state index in [2.05, 4.69) is 29.4 Å². The molecule has 2 aromatic carbocycles. The average molecular weight is 387 g/mol. The van der Waals surface area contributed by atoms with Crippen LogP contribution < -0.4 is 10.1 Å². The van der Waals surface area contributed by atoms with Crippen molar-refractivity contribution in [1.82, 2.24) is 10.2 Å². The Labute approximate surface area is 166 Å². The molecule has 1 heterocycles. The molecule has 0 aliphatic carbocycles. The Bertz CT molecular complexity index is 746. The summed E-state index contributed by atoms with van der Waals surface area (Å²) in [6.07, 6.45) is 2.65. The third kappa shape index (κ3) is 5.24. The molecule has 1 fully saturated rings. The Hall–Kier alpha value is -2.04. The van der Waals surface area contributed by atoms with E-state index in [1.165, 1.54) is 5.56 Å². The van der Waals surface area contributed by atoms with Crippen molar-refractivity contribution in [2.24, 2.45) is 5.92 Å². The number of nitrogens with one attached hydrogen (secondary N) is 1. The minimum Gasteiger partial charge on any atom is -0.497 e. The zero-order chi connectivity index (χ0) is 19.2. The van der Waals surface area contributed by atoms with Crippen molar-refractivity contribution in [2.75, 3.05) is 27.2 Å². The van der Waals surface area contributed by atoms with E-state index < -0.39 is 0 Å². The van der Waals surface area contributed by atoms with Gasteiger partial charge in [0, 0.05) is 17.6 Å². The predicted octanol–water partition coefficient (Wildman–Crippen LogP) is 4.09. The molecule has 0 aromatic heterocycles. The second-order valence-electron chi connectivity index (χ2n) is 7.21. The smallest absolute Gasteiger partial charge is 0.224 e. The van der Waals surface area contributed by atoms with Crippen molar-refractivity contribution >= 4 is 17.5 Å². The molecule has 1 N–H and O–H groups in total. The number of piperidine rings is 1. The zero-order valence-electron chi connectivity index (χ0n) is 16.0. The van der Waals surface area contributed by atoms with E-state index in [1.54, 1.807) is 7.11 Å². The Morgan fingerprint density at radius 2 is 1.89 bits per heavy atom. The van der Waals surface area contributed by atoms with Gasteiger partial charge in [0.25, 0.3) is 0 Å². The van der Waals surface area contributed by atoms with Gasteiger partial charge in [-0.2, -0.15) is 0 Å². The van der Waals surface area contributed by atoms with Crippen molar-refractivity contribution in [1.29, 1.82) is 0 Å². The van der Waals surface area contributed by atoms with E-state index in [9.17, 15) is 4.79 Å². The highest BCUT2D eigenvalue weighted by molar-refractivity contribution is 6.30. The Morgan fingerprint density at radius 1 is 1.19 bits per heavy atom. The molecular formula is C22H27ClN2O2. The normalized spacial score (nSPS) is 20.3. The summed E-state index contributed by atoms with van der Waals surface area (Å²) in [6, 6.07) is 16.0. The molecule has 0 spiro atoms. The summed E-state index contributed by atoms with van der Waals surface area (Å²) in [5, 5.41) is 3.82. The highest BCUT2D eigenvalue weighted by Gasteiger charge is 2.30. The highest BCUT2D eigenvalue weighted by atomic mass is 35.5. The number of nitrogens with zero attached hydrogens (tertiary/aromatic N) is 1. The van der Waals surface area contributed by atoms with Gasteiger partial charge in [-0.3, -0.25) is 9.69 Å². The standard InChI is InChI=1S/C22H27ClN2O2/c1-25-13-3-4-18(22(25)17-7-11-20(27-2)12-8-17)15-24-21(26)14-16-5-9-19(23)10-6-16/h5-12,18,22H,3-4,13-15H2,1-2H3,(H,24,26). The van der Waals surface area contributed by atoms with Crippen molar-refractivity contribution in [3.8, 4) is 5.75 Å². The van der Waals surface area contributed by atoms with Crippen LogP contribution in [0.2, 0.25) is 5.02 Å².